The summed E-state index contributed by atoms with van der Waals surface area (Å²) in [6.07, 6.45) is 0. The Bertz CT molecular complexity index is 510. The quantitative estimate of drug-likeness (QED) is 0.754. The van der Waals surface area contributed by atoms with E-state index in [9.17, 15) is 15.0 Å². The van der Waals surface area contributed by atoms with Crippen LogP contribution in [0.1, 0.15) is 25.5 Å². The number of rotatable bonds is 5. The molecule has 3 N–H and O–H groups in total. The summed E-state index contributed by atoms with van der Waals surface area (Å²) in [6.45, 7) is 4.71. The van der Waals surface area contributed by atoms with Crippen molar-refractivity contribution in [2.24, 2.45) is 0 Å². The van der Waals surface area contributed by atoms with E-state index in [0.29, 0.717) is 13.1 Å². The molecule has 6 heteroatoms. The lowest BCUT2D eigenvalue weighted by Gasteiger charge is -2.50. The summed E-state index contributed by atoms with van der Waals surface area (Å²) in [4.78, 5) is 12.6. The maximum atomic E-state index is 10.5. The van der Waals surface area contributed by atoms with Gasteiger partial charge in [-0.05, 0) is 19.9 Å². The van der Waals surface area contributed by atoms with E-state index in [0.717, 1.165) is 5.56 Å². The van der Waals surface area contributed by atoms with Crippen molar-refractivity contribution in [3.63, 3.8) is 0 Å². The summed E-state index contributed by atoms with van der Waals surface area (Å²) < 4.78 is 5.35. The van der Waals surface area contributed by atoms with Gasteiger partial charge >= 0.3 is 5.97 Å². The maximum Gasteiger partial charge on any atom is 0.329 e. The fourth-order valence-electron chi connectivity index (χ4n) is 2.50. The Morgan fingerprint density at radius 2 is 2.10 bits per heavy atom. The van der Waals surface area contributed by atoms with Gasteiger partial charge in [0.15, 0.2) is 0 Å². The molecular weight excluding hydrogens is 262 g/mol. The van der Waals surface area contributed by atoms with E-state index in [1.807, 2.05) is 13.8 Å². The minimum atomic E-state index is -0.978. The third-order valence-electron chi connectivity index (χ3n) is 3.63. The number of hydrogen-bond acceptors (Lipinski definition) is 5. The van der Waals surface area contributed by atoms with Crippen LogP contribution in [0.15, 0.2) is 18.2 Å². The number of nitrogens with zero attached hydrogens (tertiary/aromatic N) is 1. The molecule has 1 unspecified atom stereocenters. The molecule has 0 aromatic heterocycles. The molecule has 6 nitrogen and oxygen atoms in total. The number of carboxylic acid groups (broad SMARTS) is 1. The molecule has 0 aliphatic carbocycles. The summed E-state index contributed by atoms with van der Waals surface area (Å²) in [7, 11) is 0. The van der Waals surface area contributed by atoms with Gasteiger partial charge in [0, 0.05) is 30.8 Å². The predicted octanol–water partition coefficient (Wildman–Crippen LogP) is 1.33. The highest BCUT2D eigenvalue weighted by Gasteiger charge is 2.42. The number of ether oxygens (including phenoxy) is 1. The number of carboxylic acids is 1. The second-order valence-corrected chi connectivity index (χ2v) is 5.46. The molecule has 0 bridgehead atoms. The SMILES string of the molecule is CC(c1ccc(O)cc1O)N1CC(C)(OCC(=O)O)C1. The molecule has 20 heavy (non-hydrogen) atoms. The highest BCUT2D eigenvalue weighted by Crippen LogP contribution is 2.37. The van der Waals surface area contributed by atoms with Crippen molar-refractivity contribution in [3.8, 4) is 11.5 Å². The average molecular weight is 281 g/mol. The van der Waals surface area contributed by atoms with Crippen LogP contribution in [0.5, 0.6) is 11.5 Å². The fourth-order valence-corrected chi connectivity index (χ4v) is 2.50. The predicted molar refractivity (Wildman–Crippen MR) is 71.8 cm³/mol. The first kappa shape index (κ1) is 14.6. The van der Waals surface area contributed by atoms with Gasteiger partial charge in [0.05, 0.1) is 5.60 Å². The van der Waals surface area contributed by atoms with Crippen molar-refractivity contribution in [2.45, 2.75) is 25.5 Å². The lowest BCUT2D eigenvalue weighted by molar-refractivity contribution is -0.169. The fraction of sp³-hybridized carbons (Fsp3) is 0.500. The van der Waals surface area contributed by atoms with E-state index in [2.05, 4.69) is 4.90 Å². The van der Waals surface area contributed by atoms with Crippen LogP contribution in [0.4, 0.5) is 0 Å². The van der Waals surface area contributed by atoms with E-state index in [1.54, 1.807) is 6.07 Å². The molecule has 1 aromatic rings. The average Bonchev–Trinajstić information content (AvgIpc) is 2.32. The maximum absolute atomic E-state index is 10.5. The number of phenolic OH excluding ortho intramolecular Hbond substituents is 2. The Morgan fingerprint density at radius 3 is 2.65 bits per heavy atom. The zero-order valence-corrected chi connectivity index (χ0v) is 11.5. The lowest BCUT2D eigenvalue weighted by Crippen LogP contribution is -2.62. The van der Waals surface area contributed by atoms with Crippen molar-refractivity contribution < 1.29 is 24.9 Å². The molecule has 1 saturated heterocycles. The number of aromatic hydroxyl groups is 2. The topological polar surface area (TPSA) is 90.2 Å². The minimum Gasteiger partial charge on any atom is -0.508 e. The van der Waals surface area contributed by atoms with E-state index >= 15 is 0 Å². The zero-order valence-electron chi connectivity index (χ0n) is 11.5. The van der Waals surface area contributed by atoms with Gasteiger partial charge in [-0.25, -0.2) is 4.79 Å². The van der Waals surface area contributed by atoms with Gasteiger partial charge in [-0.2, -0.15) is 0 Å². The molecule has 1 fully saturated rings. The van der Waals surface area contributed by atoms with Gasteiger partial charge in [-0.3, -0.25) is 4.90 Å². The largest absolute Gasteiger partial charge is 0.508 e. The second-order valence-electron chi connectivity index (χ2n) is 5.46. The molecule has 1 atom stereocenters. The van der Waals surface area contributed by atoms with Gasteiger partial charge in [0.25, 0.3) is 0 Å². The van der Waals surface area contributed by atoms with Crippen molar-refractivity contribution in [2.75, 3.05) is 19.7 Å². The molecule has 1 aromatic carbocycles. The smallest absolute Gasteiger partial charge is 0.329 e. The second kappa shape index (κ2) is 5.30. The van der Waals surface area contributed by atoms with E-state index in [1.165, 1.54) is 12.1 Å². The normalized spacial score (nSPS) is 19.3. The van der Waals surface area contributed by atoms with Crippen LogP contribution in [0.3, 0.4) is 0 Å². The molecular formula is C14H19NO5. The Labute approximate surface area is 117 Å². The Morgan fingerprint density at radius 1 is 1.45 bits per heavy atom. The van der Waals surface area contributed by atoms with Gasteiger partial charge in [-0.15, -0.1) is 0 Å². The summed E-state index contributed by atoms with van der Waals surface area (Å²) in [5.74, 6) is -0.900. The van der Waals surface area contributed by atoms with Crippen molar-refractivity contribution in [3.05, 3.63) is 23.8 Å². The van der Waals surface area contributed by atoms with Crippen LogP contribution >= 0.6 is 0 Å². The first-order valence-corrected chi connectivity index (χ1v) is 6.42. The van der Waals surface area contributed by atoms with E-state index in [4.69, 9.17) is 9.84 Å². The van der Waals surface area contributed by atoms with Gasteiger partial charge in [0.2, 0.25) is 0 Å². The Hall–Kier alpha value is -1.79. The molecule has 1 aliphatic rings. The monoisotopic (exact) mass is 281 g/mol. The van der Waals surface area contributed by atoms with Crippen molar-refractivity contribution in [1.82, 2.24) is 4.90 Å². The third-order valence-corrected chi connectivity index (χ3v) is 3.63. The number of hydrogen-bond donors (Lipinski definition) is 3. The van der Waals surface area contributed by atoms with Crippen LogP contribution < -0.4 is 0 Å². The lowest BCUT2D eigenvalue weighted by atomic mass is 9.92. The molecule has 1 aliphatic heterocycles. The van der Waals surface area contributed by atoms with Crippen LogP contribution in [-0.4, -0.2) is 51.5 Å². The number of benzene rings is 1. The van der Waals surface area contributed by atoms with E-state index < -0.39 is 11.6 Å². The Kier molecular flexibility index (Phi) is 3.87. The minimum absolute atomic E-state index is 0.0247. The van der Waals surface area contributed by atoms with Crippen LogP contribution in [0.2, 0.25) is 0 Å². The molecule has 0 saturated carbocycles. The number of likely N-dealkylation sites (tertiary alicyclic amines) is 1. The van der Waals surface area contributed by atoms with Gasteiger partial charge in [0.1, 0.15) is 18.1 Å². The number of phenols is 2. The number of carbonyl (C=O) groups is 1. The Balaban J connectivity index is 1.96. The molecule has 0 amide bonds. The molecule has 2 rings (SSSR count). The highest BCUT2D eigenvalue weighted by atomic mass is 16.5. The van der Waals surface area contributed by atoms with Crippen molar-refractivity contribution in [1.29, 1.82) is 0 Å². The van der Waals surface area contributed by atoms with Crippen LogP contribution in [0.25, 0.3) is 0 Å². The molecule has 0 spiro atoms. The van der Waals surface area contributed by atoms with Gasteiger partial charge < -0.3 is 20.1 Å². The summed E-state index contributed by atoms with van der Waals surface area (Å²) in [6, 6.07) is 4.50. The summed E-state index contributed by atoms with van der Waals surface area (Å²) in [5.41, 5.74) is 0.266. The molecule has 0 radical (unpaired) electrons. The summed E-state index contributed by atoms with van der Waals surface area (Å²) in [5, 5.41) is 27.7. The van der Waals surface area contributed by atoms with Crippen LogP contribution in [-0.2, 0) is 9.53 Å². The first-order valence-electron chi connectivity index (χ1n) is 6.42. The third kappa shape index (κ3) is 3.02. The van der Waals surface area contributed by atoms with Gasteiger partial charge in [-0.1, -0.05) is 6.07 Å². The first-order chi connectivity index (χ1) is 9.31. The van der Waals surface area contributed by atoms with Crippen LogP contribution in [0, 0.1) is 0 Å². The standard InChI is InChI=1S/C14H19NO5/c1-9(11-4-3-10(16)5-12(11)17)15-7-14(2,8-15)20-6-13(18)19/h3-5,9,16-17H,6-8H2,1-2H3,(H,18,19). The highest BCUT2D eigenvalue weighted by molar-refractivity contribution is 5.68. The molecule has 110 valence electrons. The number of aliphatic carboxylic acids is 1. The molecule has 1 heterocycles. The van der Waals surface area contributed by atoms with E-state index in [-0.39, 0.29) is 24.1 Å². The summed E-state index contributed by atoms with van der Waals surface area (Å²) >= 11 is 0. The van der Waals surface area contributed by atoms with Crippen molar-refractivity contribution >= 4 is 5.97 Å². The zero-order chi connectivity index (χ0) is 14.9.